The van der Waals surface area contributed by atoms with Crippen LogP contribution in [0.15, 0.2) is 141 Å². The first kappa shape index (κ1) is 26.9. The molecular weight excluding hydrogens is 576 g/mol. The molecule has 2 aliphatic rings. The number of hydrogen-bond donors (Lipinski definition) is 0. The predicted octanol–water partition coefficient (Wildman–Crippen LogP) is 1.73. The summed E-state index contributed by atoms with van der Waals surface area (Å²) >= 11 is 0. The van der Waals surface area contributed by atoms with Gasteiger partial charge in [0.2, 0.25) is 11.3 Å². The Morgan fingerprint density at radius 2 is 0.689 bits per heavy atom. The minimum absolute atomic E-state index is 0.312. The molecule has 0 atom stereocenters. The maximum absolute atomic E-state index is 14.8. The molecule has 0 spiro atoms. The Kier molecular flexibility index (Phi) is 5.46. The molecule has 12 nitrogen and oxygen atoms in total. The summed E-state index contributed by atoms with van der Waals surface area (Å²) in [6, 6.07) is 34.3. The Hall–Kier alpha value is -5.72. The van der Waals surface area contributed by atoms with Crippen LogP contribution in [-0.2, 0) is 20.8 Å². The van der Waals surface area contributed by atoms with Crippen LogP contribution < -0.4 is 22.8 Å². The van der Waals surface area contributed by atoms with Crippen LogP contribution in [0.1, 0.15) is 11.1 Å². The topological polar surface area (TPSA) is 116 Å². The summed E-state index contributed by atoms with van der Waals surface area (Å²) in [4.78, 5) is 59.2. The van der Waals surface area contributed by atoms with Gasteiger partial charge >= 0.3 is 22.8 Å². The first-order valence-electron chi connectivity index (χ1n) is 14.2. The maximum Gasteiger partial charge on any atom is 0.354 e. The van der Waals surface area contributed by atoms with Gasteiger partial charge in [0.15, 0.2) is 0 Å². The van der Waals surface area contributed by atoms with Gasteiger partial charge in [-0.3, -0.25) is 0 Å². The van der Waals surface area contributed by atoms with Crippen molar-refractivity contribution in [1.29, 1.82) is 0 Å². The van der Waals surface area contributed by atoms with Gasteiger partial charge in [0.25, 0.3) is 5.79 Å². The molecule has 0 amide bonds. The molecule has 2 aromatic heterocycles. The zero-order chi connectivity index (χ0) is 31.1. The third-order valence-electron chi connectivity index (χ3n) is 8.99. The SMILES string of the molecule is COC1(OC)C2(c3ccccc3)n3c(=O)n(-c4ccccc4)c(=O)n3C1(c1ccccc1)n1c(=O)n(-c3ccccc3)c(=O)n12. The van der Waals surface area contributed by atoms with Crippen LogP contribution in [0.4, 0.5) is 0 Å². The van der Waals surface area contributed by atoms with Crippen molar-refractivity contribution in [3.8, 4) is 11.4 Å². The molecule has 12 heteroatoms. The number of para-hydroxylation sites is 2. The minimum Gasteiger partial charge on any atom is -0.346 e. The molecule has 2 aliphatic heterocycles. The first-order chi connectivity index (χ1) is 21.9. The van der Waals surface area contributed by atoms with Crippen LogP contribution in [0.2, 0.25) is 0 Å². The van der Waals surface area contributed by atoms with Crippen molar-refractivity contribution in [3.63, 3.8) is 0 Å². The lowest BCUT2D eigenvalue weighted by atomic mass is 9.81. The normalized spacial score (nSPS) is 20.7. The number of nitrogens with zero attached hydrogens (tertiary/aromatic N) is 6. The van der Waals surface area contributed by atoms with Crippen molar-refractivity contribution in [2.24, 2.45) is 0 Å². The van der Waals surface area contributed by atoms with E-state index < -0.39 is 39.9 Å². The summed E-state index contributed by atoms with van der Waals surface area (Å²) in [7, 11) is 2.75. The third kappa shape index (κ3) is 2.79. The summed E-state index contributed by atoms with van der Waals surface area (Å²) in [5.41, 5.74) is -5.76. The molecule has 0 radical (unpaired) electrons. The number of methoxy groups -OCH3 is 2. The van der Waals surface area contributed by atoms with Crippen molar-refractivity contribution in [2.75, 3.05) is 14.2 Å². The van der Waals surface area contributed by atoms with E-state index in [1.807, 2.05) is 0 Å². The van der Waals surface area contributed by atoms with E-state index in [1.54, 1.807) is 121 Å². The third-order valence-corrected chi connectivity index (χ3v) is 8.99. The maximum atomic E-state index is 14.8. The van der Waals surface area contributed by atoms with Gasteiger partial charge in [-0.2, -0.15) is 18.7 Å². The number of fused-ring (bicyclic) bond motifs is 8. The number of ether oxygens (including phenoxy) is 2. The number of benzene rings is 4. The van der Waals surface area contributed by atoms with Crippen molar-refractivity contribution in [3.05, 3.63) is 174 Å². The molecule has 6 aromatic rings. The van der Waals surface area contributed by atoms with Gasteiger partial charge < -0.3 is 9.47 Å². The van der Waals surface area contributed by atoms with E-state index in [1.165, 1.54) is 32.9 Å². The fourth-order valence-corrected chi connectivity index (χ4v) is 7.46. The van der Waals surface area contributed by atoms with Gasteiger partial charge in [-0.25, -0.2) is 28.3 Å². The molecule has 8 rings (SSSR count). The first-order valence-corrected chi connectivity index (χ1v) is 14.2. The van der Waals surface area contributed by atoms with Gasteiger partial charge in [0.1, 0.15) is 0 Å². The Bertz CT molecular complexity index is 2090. The second-order valence-corrected chi connectivity index (χ2v) is 10.8. The molecule has 0 N–H and O–H groups in total. The van der Waals surface area contributed by atoms with Crippen molar-refractivity contribution >= 4 is 0 Å². The minimum atomic E-state index is -2.05. The largest absolute Gasteiger partial charge is 0.354 e. The van der Waals surface area contributed by atoms with Gasteiger partial charge in [0.05, 0.1) is 11.4 Å². The molecule has 45 heavy (non-hydrogen) atoms. The summed E-state index contributed by atoms with van der Waals surface area (Å²) in [5, 5.41) is 0. The average Bonchev–Trinajstić information content (AvgIpc) is 3.70. The van der Waals surface area contributed by atoms with E-state index in [-0.39, 0.29) is 0 Å². The standard InChI is InChI=1S/C33H26N6O6/c1-44-33(45-2)31(23-15-7-3-8-16-23)36-27(40)34(25-19-11-5-12-20-25)29(42)38(36)32(33,24-17-9-4-10-18-24)39-30(43)35(28(41)37(31)39)26-21-13-6-14-22-26/h3-22H,1-2H3. The van der Waals surface area contributed by atoms with E-state index in [9.17, 15) is 19.2 Å². The quantitative estimate of drug-likeness (QED) is 0.268. The van der Waals surface area contributed by atoms with E-state index in [0.29, 0.717) is 22.5 Å². The predicted molar refractivity (Wildman–Crippen MR) is 163 cm³/mol. The smallest absolute Gasteiger partial charge is 0.346 e. The lowest BCUT2D eigenvalue weighted by Crippen LogP contribution is -2.65. The van der Waals surface area contributed by atoms with Crippen LogP contribution in [0.5, 0.6) is 0 Å². The Balaban J connectivity index is 1.69. The van der Waals surface area contributed by atoms with E-state index in [4.69, 9.17) is 9.47 Å². The van der Waals surface area contributed by atoms with Crippen LogP contribution in [0, 0.1) is 0 Å². The second-order valence-electron chi connectivity index (χ2n) is 10.8. The molecule has 0 unspecified atom stereocenters. The number of rotatable bonds is 6. The lowest BCUT2D eigenvalue weighted by molar-refractivity contribution is -0.271. The fourth-order valence-electron chi connectivity index (χ4n) is 7.46. The van der Waals surface area contributed by atoms with Gasteiger partial charge in [0, 0.05) is 25.3 Å². The van der Waals surface area contributed by atoms with Gasteiger partial charge in [-0.05, 0) is 24.3 Å². The van der Waals surface area contributed by atoms with Crippen LogP contribution in [0.25, 0.3) is 11.4 Å². The van der Waals surface area contributed by atoms with Crippen LogP contribution in [-0.4, -0.2) is 47.9 Å². The van der Waals surface area contributed by atoms with Crippen LogP contribution >= 0.6 is 0 Å². The summed E-state index contributed by atoms with van der Waals surface area (Å²) in [5.74, 6) is -2.05. The zero-order valence-electron chi connectivity index (χ0n) is 24.2. The molecule has 4 heterocycles. The monoisotopic (exact) mass is 602 g/mol. The van der Waals surface area contributed by atoms with Crippen molar-refractivity contribution in [2.45, 2.75) is 17.1 Å². The molecule has 224 valence electrons. The molecule has 0 saturated heterocycles. The highest BCUT2D eigenvalue weighted by Crippen LogP contribution is 2.60. The number of hydrogen-bond acceptors (Lipinski definition) is 6. The van der Waals surface area contributed by atoms with E-state index >= 15 is 0 Å². The summed E-state index contributed by atoms with van der Waals surface area (Å²) in [6.07, 6.45) is 0. The molecule has 4 aromatic carbocycles. The molecular formula is C33H26N6O6. The Labute approximate surface area is 254 Å². The highest BCUT2D eigenvalue weighted by atomic mass is 16.7. The molecule has 0 saturated carbocycles. The fraction of sp³-hybridized carbons (Fsp3) is 0.152. The van der Waals surface area contributed by atoms with E-state index in [0.717, 1.165) is 9.13 Å². The van der Waals surface area contributed by atoms with Crippen LogP contribution in [0.3, 0.4) is 0 Å². The molecule has 0 fully saturated rings. The van der Waals surface area contributed by atoms with Gasteiger partial charge in [-0.1, -0.05) is 97.1 Å². The Morgan fingerprint density at radius 3 is 0.956 bits per heavy atom. The van der Waals surface area contributed by atoms with E-state index in [2.05, 4.69) is 0 Å². The average molecular weight is 603 g/mol. The van der Waals surface area contributed by atoms with Crippen molar-refractivity contribution in [1.82, 2.24) is 27.9 Å². The second kappa shape index (κ2) is 9.14. The lowest BCUT2D eigenvalue weighted by Gasteiger charge is -2.42. The summed E-state index contributed by atoms with van der Waals surface area (Å²) < 4.78 is 19.6. The highest BCUT2D eigenvalue weighted by Gasteiger charge is 2.85. The zero-order valence-corrected chi connectivity index (χ0v) is 24.2. The molecule has 2 bridgehead atoms. The highest BCUT2D eigenvalue weighted by molar-refractivity contribution is 5.46. The van der Waals surface area contributed by atoms with Crippen molar-refractivity contribution < 1.29 is 9.47 Å². The van der Waals surface area contributed by atoms with Gasteiger partial charge in [-0.15, -0.1) is 0 Å². The summed E-state index contributed by atoms with van der Waals surface area (Å²) in [6.45, 7) is 0. The Morgan fingerprint density at radius 1 is 0.422 bits per heavy atom. The molecule has 0 aliphatic carbocycles. The number of aromatic nitrogens is 6.